The minimum atomic E-state index is -0.257. The van der Waals surface area contributed by atoms with Crippen LogP contribution in [0.2, 0.25) is 15.1 Å². The SMILES string of the molecule is COc1c2c(C)c(Cl)c(C)c1-c1cc(C)c(c(C)c1)-c1cc(cc(C(C)(C)C)c1)-c1cc3cc(c1)-c1cc(cc(C(C)(C)C)c1)-c1c(C)cc(cc1C)-c1c(C)c(Cl)c(C)c(c1OC)-c1cc(C)c(c(C)c1)-c1cc(cc(C(C)(C)C)c1)-c1cc(cc(c1)-c1c(C)cc-2cc1C)-c1cc(cc(C(C)(C)C)c1)-c1c(C)cc(cc1C)-c1c(C)c(Cl)c(C)c(c1OC)-c1cc(C)c(c(C)c1)-c1cc-3cc(C(C)(C)C)c1. The van der Waals surface area contributed by atoms with E-state index in [0.29, 0.717) is 5.02 Å². The number of rotatable bonds is 3. The summed E-state index contributed by atoms with van der Waals surface area (Å²) >= 11 is 23.7. The topological polar surface area (TPSA) is 27.7 Å². The van der Waals surface area contributed by atoms with E-state index in [9.17, 15) is 0 Å². The van der Waals surface area contributed by atoms with Gasteiger partial charge in [-0.25, -0.2) is 0 Å². The lowest BCUT2D eigenvalue weighted by molar-refractivity contribution is 0.417. The van der Waals surface area contributed by atoms with Crippen LogP contribution in [0.5, 0.6) is 17.2 Å². The number of benzene rings is 16. The van der Waals surface area contributed by atoms with Crippen LogP contribution in [0, 0.1) is 125 Å². The molecule has 0 saturated heterocycles. The maximum Gasteiger partial charge on any atom is 0.135 e. The molecule has 0 radical (unpaired) electrons. The standard InChI is InChI=1S/C137H141Cl3O3/c1-70-37-98-38-71(2)115(70)104-53-91-52-92(54-104)97-59-109(69-114(64-97)137(31,32)33)120-80(11)47-103(48-81(120)12)126-87(18)129(140)85(16)124(132(126)143-36)101-43-76(7)118(77(8)44-101)107-57-95(62-112(67-107)135(25,26)27)90-50-88(93-55-105(65-110(60-93)133(19,20)21)116-72(3)39-99(40-73(116)4)122-83(14)127(138)82(13)121(98)130(122)141-34)49-89(51-90)94-56-106(66-111(61-94)134(22,23)24)117-74(5)41-100(42-75(117)6)123-84(15)128(139)86(17)125(131(123)142-35)102-45-78(9)119(79(10)46-102)108-58-96(91)63-113(68-108)136(28,29)30/h37-69H,1-36H3. The van der Waals surface area contributed by atoms with E-state index in [1.807, 2.05) is 21.3 Å². The van der Waals surface area contributed by atoms with Crippen LogP contribution < -0.4 is 14.2 Å². The van der Waals surface area contributed by atoms with Crippen molar-refractivity contribution < 1.29 is 14.2 Å². The molecule has 0 aromatic heterocycles. The molecule has 0 spiro atoms. The van der Waals surface area contributed by atoms with Gasteiger partial charge in [0.05, 0.1) is 21.3 Å². The minimum absolute atomic E-state index is 0.254. The summed E-state index contributed by atoms with van der Waals surface area (Å²) in [6.45, 7) is 75.6. The zero-order chi connectivity index (χ0) is 103. The normalized spacial score (nSPS) is 12.4. The molecule has 16 aromatic rings. The van der Waals surface area contributed by atoms with E-state index in [-0.39, 0.29) is 27.1 Å². The molecule has 0 aliphatic heterocycles. The van der Waals surface area contributed by atoms with Gasteiger partial charge < -0.3 is 14.2 Å². The average molecular weight is 1940 g/mol. The maximum atomic E-state index is 7.93. The Hall–Kier alpha value is -12.2. The van der Waals surface area contributed by atoms with Gasteiger partial charge in [-0.15, -0.1) is 0 Å². The molecule has 14 aliphatic rings. The Labute approximate surface area is 868 Å². The first-order chi connectivity index (χ1) is 67.0. The van der Waals surface area contributed by atoms with E-state index in [0.717, 1.165) is 289 Å². The lowest BCUT2D eigenvalue weighted by Crippen LogP contribution is -2.12. The summed E-state index contributed by atoms with van der Waals surface area (Å²) in [5, 5.41) is 2.16. The van der Waals surface area contributed by atoms with E-state index in [4.69, 9.17) is 49.0 Å². The quantitative estimate of drug-likeness (QED) is 0.176. The molecule has 14 aliphatic carbocycles. The molecule has 728 valence electrons. The van der Waals surface area contributed by atoms with Gasteiger partial charge in [0.15, 0.2) is 0 Å². The van der Waals surface area contributed by atoms with Crippen molar-refractivity contribution in [1.29, 1.82) is 0 Å². The second kappa shape index (κ2) is 36.5. The van der Waals surface area contributed by atoms with Crippen LogP contribution in [0.15, 0.2) is 200 Å². The summed E-state index contributed by atoms with van der Waals surface area (Å²) in [6, 6.07) is 80.1. The summed E-state index contributed by atoms with van der Waals surface area (Å²) in [5.41, 5.74) is 61.8. The molecule has 3 nitrogen and oxygen atoms in total. The fraction of sp³-hybridized carbons (Fsp3) is 0.299. The first-order valence-electron chi connectivity index (χ1n) is 51.0. The molecule has 30 rings (SSSR count). The molecule has 0 N–H and O–H groups in total. The second-order valence-electron chi connectivity index (χ2n) is 47.3. The molecule has 0 amide bonds. The third-order valence-electron chi connectivity index (χ3n) is 31.4. The summed E-state index contributed by atoms with van der Waals surface area (Å²) in [6.07, 6.45) is 0. The van der Waals surface area contributed by atoms with Gasteiger partial charge in [0.2, 0.25) is 0 Å². The van der Waals surface area contributed by atoms with Gasteiger partial charge >= 0.3 is 0 Å². The van der Waals surface area contributed by atoms with Crippen molar-refractivity contribution >= 4 is 34.8 Å². The van der Waals surface area contributed by atoms with Crippen LogP contribution in [-0.2, 0) is 27.1 Å². The van der Waals surface area contributed by atoms with E-state index in [1.165, 1.54) is 55.6 Å². The van der Waals surface area contributed by atoms with E-state index in [1.54, 1.807) is 0 Å². The largest absolute Gasteiger partial charge is 0.495 e. The summed E-state index contributed by atoms with van der Waals surface area (Å²) < 4.78 is 20.8. The molecule has 34 bridgehead atoms. The Morgan fingerprint density at radius 2 is 0.238 bits per heavy atom. The lowest BCUT2D eigenvalue weighted by Gasteiger charge is -2.26. The zero-order valence-corrected chi connectivity index (χ0v) is 93.7. The highest BCUT2D eigenvalue weighted by molar-refractivity contribution is 6.34. The van der Waals surface area contributed by atoms with E-state index >= 15 is 0 Å². The number of methoxy groups -OCH3 is 3. The van der Waals surface area contributed by atoms with Crippen LogP contribution in [0.25, 0.3) is 189 Å². The van der Waals surface area contributed by atoms with E-state index < -0.39 is 0 Å². The number of hydrogen-bond donors (Lipinski definition) is 0. The molecule has 0 fully saturated rings. The highest BCUT2D eigenvalue weighted by Crippen LogP contribution is 2.57. The molecule has 0 saturated carbocycles. The number of hydrogen-bond acceptors (Lipinski definition) is 3. The molecule has 0 atom stereocenters. The van der Waals surface area contributed by atoms with Crippen molar-refractivity contribution in [1.82, 2.24) is 0 Å². The van der Waals surface area contributed by atoms with Crippen LogP contribution in [0.3, 0.4) is 0 Å². The Kier molecular flexibility index (Phi) is 25.8. The smallest absolute Gasteiger partial charge is 0.135 e. The van der Waals surface area contributed by atoms with Crippen LogP contribution >= 0.6 is 34.8 Å². The van der Waals surface area contributed by atoms with Gasteiger partial charge in [0.1, 0.15) is 17.2 Å². The Morgan fingerprint density at radius 3 is 0.357 bits per heavy atom. The van der Waals surface area contributed by atoms with Gasteiger partial charge in [-0.1, -0.05) is 272 Å². The van der Waals surface area contributed by atoms with Gasteiger partial charge in [-0.2, -0.15) is 0 Å². The zero-order valence-electron chi connectivity index (χ0n) is 91.4. The molecule has 0 heterocycles. The van der Waals surface area contributed by atoms with Crippen molar-refractivity contribution in [3.63, 3.8) is 0 Å². The Bertz CT molecular complexity index is 7520. The van der Waals surface area contributed by atoms with Crippen LogP contribution in [0.4, 0.5) is 0 Å². The molecule has 143 heavy (non-hydrogen) atoms. The van der Waals surface area contributed by atoms with Crippen molar-refractivity contribution in [2.45, 2.75) is 256 Å². The fourth-order valence-electron chi connectivity index (χ4n) is 24.1. The number of aryl methyl sites for hydroxylation is 12. The molecule has 16 aromatic carbocycles. The first-order valence-corrected chi connectivity index (χ1v) is 52.1. The van der Waals surface area contributed by atoms with Crippen LogP contribution in [0.1, 0.15) is 232 Å². The van der Waals surface area contributed by atoms with Crippen molar-refractivity contribution in [3.8, 4) is 206 Å². The van der Waals surface area contributed by atoms with Gasteiger partial charge in [-0.05, 0) is 502 Å². The first kappa shape index (κ1) is 101. The Morgan fingerprint density at radius 1 is 0.140 bits per heavy atom. The highest BCUT2D eigenvalue weighted by Gasteiger charge is 2.34. The molecule has 0 unspecified atom stereocenters. The van der Waals surface area contributed by atoms with Crippen molar-refractivity contribution in [2.24, 2.45) is 0 Å². The summed E-state index contributed by atoms with van der Waals surface area (Å²) in [4.78, 5) is 0. The number of ether oxygens (including phenoxy) is 3. The predicted octanol–water partition coefficient (Wildman–Crippen LogP) is 40.7. The van der Waals surface area contributed by atoms with Crippen molar-refractivity contribution in [3.05, 3.63) is 343 Å². The third-order valence-corrected chi connectivity index (χ3v) is 33.1. The minimum Gasteiger partial charge on any atom is -0.495 e. The molecular formula is C137H141Cl3O3. The molecular weight excluding hydrogens is 1800 g/mol. The van der Waals surface area contributed by atoms with Crippen molar-refractivity contribution in [2.75, 3.05) is 21.3 Å². The van der Waals surface area contributed by atoms with Gasteiger partial charge in [0.25, 0.3) is 0 Å². The number of halogens is 3. The molecule has 6 heteroatoms. The van der Waals surface area contributed by atoms with Crippen LogP contribution in [-0.4, -0.2) is 21.3 Å². The summed E-state index contributed by atoms with van der Waals surface area (Å²) in [5.74, 6) is 2.39. The highest BCUT2D eigenvalue weighted by atomic mass is 35.5. The third kappa shape index (κ3) is 17.9. The second-order valence-corrected chi connectivity index (χ2v) is 48.4. The van der Waals surface area contributed by atoms with Gasteiger partial charge in [0, 0.05) is 48.4 Å². The predicted molar refractivity (Wildman–Crippen MR) is 619 cm³/mol. The average Bonchev–Trinajstić information content (AvgIpc) is 0.800. The fourth-order valence-corrected chi connectivity index (χ4v) is 24.6. The summed E-state index contributed by atoms with van der Waals surface area (Å²) in [7, 11) is 5.50. The van der Waals surface area contributed by atoms with E-state index in [2.05, 4.69) is 429 Å². The maximum absolute atomic E-state index is 7.93. The van der Waals surface area contributed by atoms with Gasteiger partial charge in [-0.3, -0.25) is 0 Å². The Balaban J connectivity index is 1.01. The monoisotopic (exact) mass is 1940 g/mol. The lowest BCUT2D eigenvalue weighted by atomic mass is 9.79.